The van der Waals surface area contributed by atoms with Gasteiger partial charge in [-0.3, -0.25) is 4.68 Å². The molecule has 1 aliphatic rings. The first-order valence-electron chi connectivity index (χ1n) is 9.30. The number of nitrogens with zero attached hydrogens (tertiary/aromatic N) is 3. The molecule has 0 aliphatic carbocycles. The summed E-state index contributed by atoms with van der Waals surface area (Å²) in [5.74, 6) is 0.695. The molecule has 1 aromatic heterocycles. The molecular weight excluding hydrogens is 308 g/mol. The van der Waals surface area contributed by atoms with Crippen molar-refractivity contribution in [3.63, 3.8) is 0 Å². The fourth-order valence-electron chi connectivity index (χ4n) is 3.75. The van der Waals surface area contributed by atoms with Crippen LogP contribution in [0.3, 0.4) is 0 Å². The number of hydrogen-bond acceptors (Lipinski definition) is 3. The van der Waals surface area contributed by atoms with Crippen molar-refractivity contribution in [1.82, 2.24) is 20.0 Å². The number of aromatic nitrogens is 2. The van der Waals surface area contributed by atoms with Crippen molar-refractivity contribution in [2.24, 2.45) is 0 Å². The first-order valence-corrected chi connectivity index (χ1v) is 9.30. The number of rotatable bonds is 8. The minimum absolute atomic E-state index is 0.695. The number of allylic oxidation sites excluding steroid dienone is 1. The van der Waals surface area contributed by atoms with Gasteiger partial charge in [-0.05, 0) is 43.9 Å². The molecule has 1 N–H and O–H groups in total. The van der Waals surface area contributed by atoms with Gasteiger partial charge >= 0.3 is 0 Å². The summed E-state index contributed by atoms with van der Waals surface area (Å²) in [6, 6.07) is 8.83. The Morgan fingerprint density at radius 3 is 2.96 bits per heavy atom. The van der Waals surface area contributed by atoms with Crippen LogP contribution in [-0.2, 0) is 13.1 Å². The molecule has 1 aliphatic heterocycles. The van der Waals surface area contributed by atoms with Gasteiger partial charge in [-0.2, -0.15) is 5.10 Å². The summed E-state index contributed by atoms with van der Waals surface area (Å²) in [7, 11) is 0. The van der Waals surface area contributed by atoms with E-state index in [4.69, 9.17) is 0 Å². The first-order chi connectivity index (χ1) is 12.2. The van der Waals surface area contributed by atoms with E-state index in [1.54, 1.807) is 0 Å². The summed E-state index contributed by atoms with van der Waals surface area (Å²) in [5.41, 5.74) is 5.35. The molecule has 134 valence electrons. The number of hydrogen-bond donors (Lipinski definition) is 1. The Labute approximate surface area is 151 Å². The zero-order valence-corrected chi connectivity index (χ0v) is 15.5. The molecule has 25 heavy (non-hydrogen) atoms. The monoisotopic (exact) mass is 338 g/mol. The minimum atomic E-state index is 0.695. The second kappa shape index (κ2) is 8.45. The van der Waals surface area contributed by atoms with Crippen LogP contribution in [0, 0.1) is 13.8 Å². The second-order valence-electron chi connectivity index (χ2n) is 7.07. The normalized spacial score (nSPS) is 17.9. The van der Waals surface area contributed by atoms with Gasteiger partial charge in [-0.15, -0.1) is 6.58 Å². The van der Waals surface area contributed by atoms with Gasteiger partial charge in [-0.1, -0.05) is 30.3 Å². The first kappa shape index (κ1) is 17.9. The van der Waals surface area contributed by atoms with Crippen LogP contribution in [-0.4, -0.2) is 40.9 Å². The van der Waals surface area contributed by atoms with Crippen molar-refractivity contribution in [3.05, 3.63) is 65.5 Å². The van der Waals surface area contributed by atoms with Crippen molar-refractivity contribution in [2.75, 3.05) is 26.2 Å². The van der Waals surface area contributed by atoms with Crippen LogP contribution < -0.4 is 5.32 Å². The Bertz CT molecular complexity index is 704. The maximum Gasteiger partial charge on any atom is 0.0638 e. The van der Waals surface area contributed by atoms with Crippen molar-refractivity contribution >= 4 is 0 Å². The third-order valence-electron chi connectivity index (χ3n) is 5.19. The third-order valence-corrected chi connectivity index (χ3v) is 5.19. The summed E-state index contributed by atoms with van der Waals surface area (Å²) < 4.78 is 1.95. The van der Waals surface area contributed by atoms with Crippen LogP contribution in [0.15, 0.2) is 43.1 Å². The summed E-state index contributed by atoms with van der Waals surface area (Å²) in [4.78, 5) is 2.58. The van der Waals surface area contributed by atoms with Gasteiger partial charge in [0.2, 0.25) is 0 Å². The summed E-state index contributed by atoms with van der Waals surface area (Å²) in [5, 5.41) is 8.07. The Kier molecular flexibility index (Phi) is 6.05. The predicted molar refractivity (Wildman–Crippen MR) is 104 cm³/mol. The van der Waals surface area contributed by atoms with E-state index in [1.807, 2.05) is 10.8 Å². The summed E-state index contributed by atoms with van der Waals surface area (Å²) in [6.07, 6.45) is 5.27. The maximum atomic E-state index is 4.50. The molecule has 0 amide bonds. The average Bonchev–Trinajstić information content (AvgIpc) is 3.19. The van der Waals surface area contributed by atoms with Crippen LogP contribution >= 0.6 is 0 Å². The summed E-state index contributed by atoms with van der Waals surface area (Å²) in [6.45, 7) is 14.3. The molecule has 2 aromatic rings. The minimum Gasteiger partial charge on any atom is -0.311 e. The lowest BCUT2D eigenvalue weighted by atomic mass is 9.94. The molecule has 0 unspecified atom stereocenters. The van der Waals surface area contributed by atoms with Crippen LogP contribution in [0.4, 0.5) is 0 Å². The van der Waals surface area contributed by atoms with E-state index in [9.17, 15) is 0 Å². The van der Waals surface area contributed by atoms with E-state index in [0.29, 0.717) is 5.92 Å². The van der Waals surface area contributed by atoms with E-state index >= 15 is 0 Å². The van der Waals surface area contributed by atoms with Gasteiger partial charge in [0.25, 0.3) is 0 Å². The molecule has 0 bridgehead atoms. The molecule has 0 saturated carbocycles. The highest BCUT2D eigenvalue weighted by atomic mass is 15.3. The Balaban J connectivity index is 1.41. The van der Waals surface area contributed by atoms with E-state index in [2.05, 4.69) is 66.2 Å². The molecule has 4 heteroatoms. The number of aryl methyl sites for hydroxylation is 2. The largest absolute Gasteiger partial charge is 0.311 e. The SMILES string of the molecule is C=CCn1cc(CNCCN2CC[C@H](c3ccccc3C)C2)c(C)n1. The number of likely N-dealkylation sites (tertiary alicyclic amines) is 1. The molecular formula is C21H30N4. The number of benzene rings is 1. The van der Waals surface area contributed by atoms with E-state index in [-0.39, 0.29) is 0 Å². The lowest BCUT2D eigenvalue weighted by Crippen LogP contribution is -2.30. The van der Waals surface area contributed by atoms with Gasteiger partial charge in [0.05, 0.1) is 12.2 Å². The molecule has 4 nitrogen and oxygen atoms in total. The Morgan fingerprint density at radius 1 is 1.32 bits per heavy atom. The molecule has 0 radical (unpaired) electrons. The molecule has 1 fully saturated rings. The van der Waals surface area contributed by atoms with Gasteiger partial charge in [-0.25, -0.2) is 0 Å². The van der Waals surface area contributed by atoms with Crippen molar-refractivity contribution in [3.8, 4) is 0 Å². The fraction of sp³-hybridized carbons (Fsp3) is 0.476. The zero-order valence-electron chi connectivity index (χ0n) is 15.5. The van der Waals surface area contributed by atoms with E-state index in [1.165, 1.54) is 36.2 Å². The quantitative estimate of drug-likeness (QED) is 0.592. The van der Waals surface area contributed by atoms with Gasteiger partial charge in [0.1, 0.15) is 0 Å². The third kappa shape index (κ3) is 4.59. The smallest absolute Gasteiger partial charge is 0.0638 e. The highest BCUT2D eigenvalue weighted by molar-refractivity contribution is 5.30. The number of nitrogens with one attached hydrogen (secondary N) is 1. The van der Waals surface area contributed by atoms with Crippen molar-refractivity contribution in [2.45, 2.75) is 39.3 Å². The fourth-order valence-corrected chi connectivity index (χ4v) is 3.75. The van der Waals surface area contributed by atoms with E-state index < -0.39 is 0 Å². The second-order valence-corrected chi connectivity index (χ2v) is 7.07. The van der Waals surface area contributed by atoms with Crippen LogP contribution in [0.1, 0.15) is 34.7 Å². The standard InChI is InChI=1S/C21H30N4/c1-4-11-25-16-20(18(3)23-25)14-22-10-13-24-12-9-19(15-24)21-8-6-5-7-17(21)2/h4-8,16,19,22H,1,9-15H2,2-3H3/t19-/m0/s1. The van der Waals surface area contributed by atoms with Crippen LogP contribution in [0.5, 0.6) is 0 Å². The summed E-state index contributed by atoms with van der Waals surface area (Å²) >= 11 is 0. The zero-order chi connectivity index (χ0) is 17.6. The predicted octanol–water partition coefficient (Wildman–Crippen LogP) is 3.27. The lowest BCUT2D eigenvalue weighted by molar-refractivity contribution is 0.331. The average molecular weight is 338 g/mol. The molecule has 1 aromatic carbocycles. The lowest BCUT2D eigenvalue weighted by Gasteiger charge is -2.17. The highest BCUT2D eigenvalue weighted by Gasteiger charge is 2.24. The highest BCUT2D eigenvalue weighted by Crippen LogP contribution is 2.28. The van der Waals surface area contributed by atoms with Crippen molar-refractivity contribution < 1.29 is 0 Å². The molecule has 0 spiro atoms. The Hall–Kier alpha value is -1.91. The van der Waals surface area contributed by atoms with Crippen LogP contribution in [0.25, 0.3) is 0 Å². The van der Waals surface area contributed by atoms with Crippen LogP contribution in [0.2, 0.25) is 0 Å². The Morgan fingerprint density at radius 2 is 2.16 bits per heavy atom. The maximum absolute atomic E-state index is 4.50. The molecule has 1 atom stereocenters. The molecule has 1 saturated heterocycles. The molecule has 3 rings (SSSR count). The van der Waals surface area contributed by atoms with Gasteiger partial charge in [0.15, 0.2) is 0 Å². The van der Waals surface area contributed by atoms with Gasteiger partial charge in [0, 0.05) is 37.9 Å². The topological polar surface area (TPSA) is 33.1 Å². The van der Waals surface area contributed by atoms with Gasteiger partial charge < -0.3 is 10.2 Å². The molecule has 2 heterocycles. The van der Waals surface area contributed by atoms with E-state index in [0.717, 1.165) is 31.9 Å². The van der Waals surface area contributed by atoms with Crippen molar-refractivity contribution in [1.29, 1.82) is 0 Å².